The van der Waals surface area contributed by atoms with E-state index in [4.69, 9.17) is 4.74 Å². The van der Waals surface area contributed by atoms with Crippen molar-refractivity contribution in [3.05, 3.63) is 30.3 Å². The molecule has 0 aromatic heterocycles. The molecule has 0 unspecified atom stereocenters. The highest BCUT2D eigenvalue weighted by atomic mass is 16.5. The lowest BCUT2D eigenvalue weighted by molar-refractivity contribution is 0.0428. The number of piperidine rings is 2. The average molecular weight is 302 g/mol. The quantitative estimate of drug-likeness (QED) is 0.802. The third-order valence-electron chi connectivity index (χ3n) is 5.26. The van der Waals surface area contributed by atoms with E-state index in [2.05, 4.69) is 16.8 Å². The van der Waals surface area contributed by atoms with Crippen molar-refractivity contribution in [2.75, 3.05) is 39.8 Å². The third kappa shape index (κ3) is 4.23. The van der Waals surface area contributed by atoms with Gasteiger partial charge in [-0.15, -0.1) is 0 Å². The Bertz CT molecular complexity index is 434. The summed E-state index contributed by atoms with van der Waals surface area (Å²) in [6.07, 6.45) is 7.04. The molecule has 2 atom stereocenters. The van der Waals surface area contributed by atoms with E-state index in [9.17, 15) is 0 Å². The molecule has 0 aliphatic carbocycles. The van der Waals surface area contributed by atoms with E-state index in [1.165, 1.54) is 51.7 Å². The van der Waals surface area contributed by atoms with E-state index >= 15 is 0 Å². The summed E-state index contributed by atoms with van der Waals surface area (Å²) in [5.41, 5.74) is 0. The number of ether oxygens (including phenoxy) is 1. The second-order valence-electron chi connectivity index (χ2n) is 6.93. The molecule has 1 aromatic carbocycles. The number of hydrogen-bond donors (Lipinski definition) is 0. The first-order valence-electron chi connectivity index (χ1n) is 8.93. The van der Waals surface area contributed by atoms with Crippen LogP contribution in [-0.2, 0) is 0 Å². The molecule has 2 fully saturated rings. The summed E-state index contributed by atoms with van der Waals surface area (Å²) < 4.78 is 5.82. The molecule has 0 spiro atoms. The van der Waals surface area contributed by atoms with Gasteiger partial charge in [-0.2, -0.15) is 0 Å². The Morgan fingerprint density at radius 2 is 1.91 bits per heavy atom. The van der Waals surface area contributed by atoms with Crippen molar-refractivity contribution in [2.24, 2.45) is 5.92 Å². The minimum atomic E-state index is 0.779. The molecule has 0 radical (unpaired) electrons. The van der Waals surface area contributed by atoms with Crippen molar-refractivity contribution in [2.45, 2.75) is 38.1 Å². The van der Waals surface area contributed by atoms with Crippen molar-refractivity contribution in [1.82, 2.24) is 9.80 Å². The molecule has 22 heavy (non-hydrogen) atoms. The van der Waals surface area contributed by atoms with Crippen LogP contribution in [0.4, 0.5) is 0 Å². The molecular formula is C19H30N2O. The fourth-order valence-corrected chi connectivity index (χ4v) is 4.12. The van der Waals surface area contributed by atoms with Gasteiger partial charge in [0.25, 0.3) is 0 Å². The van der Waals surface area contributed by atoms with Crippen molar-refractivity contribution < 1.29 is 4.74 Å². The predicted molar refractivity (Wildman–Crippen MR) is 91.4 cm³/mol. The van der Waals surface area contributed by atoms with Crippen molar-refractivity contribution in [3.8, 4) is 5.75 Å². The molecule has 3 rings (SSSR count). The highest BCUT2D eigenvalue weighted by Gasteiger charge is 2.33. The molecular weight excluding hydrogens is 272 g/mol. The Morgan fingerprint density at radius 1 is 1.09 bits per heavy atom. The first-order valence-corrected chi connectivity index (χ1v) is 8.93. The van der Waals surface area contributed by atoms with Crippen LogP contribution in [0.5, 0.6) is 5.75 Å². The molecule has 0 bridgehead atoms. The summed E-state index contributed by atoms with van der Waals surface area (Å²) in [7, 11) is 2.25. The number of benzene rings is 1. The first-order chi connectivity index (χ1) is 10.8. The van der Waals surface area contributed by atoms with Gasteiger partial charge in [-0.3, -0.25) is 0 Å². The van der Waals surface area contributed by atoms with Gasteiger partial charge >= 0.3 is 0 Å². The average Bonchev–Trinajstić information content (AvgIpc) is 2.56. The number of rotatable bonds is 6. The minimum absolute atomic E-state index is 0.779. The molecule has 3 nitrogen and oxygen atoms in total. The SMILES string of the molecule is CN(CCOc1ccccc1)C[C@@H]1CCCN2CCCC[C@H]12. The highest BCUT2D eigenvalue weighted by Crippen LogP contribution is 2.31. The predicted octanol–water partition coefficient (Wildman–Crippen LogP) is 3.26. The maximum atomic E-state index is 5.82. The van der Waals surface area contributed by atoms with E-state index in [1.807, 2.05) is 30.3 Å². The van der Waals surface area contributed by atoms with Gasteiger partial charge in [0.05, 0.1) is 0 Å². The summed E-state index contributed by atoms with van der Waals surface area (Å²) in [4.78, 5) is 5.22. The van der Waals surface area contributed by atoms with E-state index in [0.717, 1.165) is 30.9 Å². The van der Waals surface area contributed by atoms with Crippen LogP contribution in [0.3, 0.4) is 0 Å². The first kappa shape index (κ1) is 15.8. The monoisotopic (exact) mass is 302 g/mol. The van der Waals surface area contributed by atoms with Gasteiger partial charge in [0.15, 0.2) is 0 Å². The number of nitrogens with zero attached hydrogens (tertiary/aromatic N) is 2. The normalized spacial score (nSPS) is 25.9. The zero-order valence-electron chi connectivity index (χ0n) is 13.9. The molecule has 122 valence electrons. The van der Waals surface area contributed by atoms with Gasteiger partial charge in [0.2, 0.25) is 0 Å². The Kier molecular flexibility index (Phi) is 5.74. The van der Waals surface area contributed by atoms with Gasteiger partial charge in [-0.1, -0.05) is 24.6 Å². The lowest BCUT2D eigenvalue weighted by Crippen LogP contribution is -2.50. The van der Waals surface area contributed by atoms with Crippen LogP contribution in [0.15, 0.2) is 30.3 Å². The van der Waals surface area contributed by atoms with Crippen molar-refractivity contribution in [3.63, 3.8) is 0 Å². The Labute approximate surface area is 135 Å². The van der Waals surface area contributed by atoms with E-state index in [1.54, 1.807) is 0 Å². The van der Waals surface area contributed by atoms with Gasteiger partial charge in [0, 0.05) is 19.1 Å². The second kappa shape index (κ2) is 7.98. The molecule has 0 N–H and O–H groups in total. The minimum Gasteiger partial charge on any atom is -0.492 e. The van der Waals surface area contributed by atoms with Crippen LogP contribution >= 0.6 is 0 Å². The molecule has 2 saturated heterocycles. The number of para-hydroxylation sites is 1. The number of fused-ring (bicyclic) bond motifs is 1. The summed E-state index contributed by atoms with van der Waals surface area (Å²) >= 11 is 0. The van der Waals surface area contributed by atoms with Crippen LogP contribution in [0, 0.1) is 5.92 Å². The standard InChI is InChI=1S/C19H30N2O/c1-20(14-15-22-18-9-3-2-4-10-18)16-17-8-7-13-21-12-6-5-11-19(17)21/h2-4,9-10,17,19H,5-8,11-16H2,1H3/t17-,19+/m0/s1. The van der Waals surface area contributed by atoms with Crippen LogP contribution in [0.2, 0.25) is 0 Å². The zero-order chi connectivity index (χ0) is 15.2. The molecule has 0 amide bonds. The maximum absolute atomic E-state index is 5.82. The third-order valence-corrected chi connectivity index (χ3v) is 5.26. The largest absolute Gasteiger partial charge is 0.492 e. The van der Waals surface area contributed by atoms with Gasteiger partial charge in [-0.25, -0.2) is 0 Å². The summed E-state index contributed by atoms with van der Waals surface area (Å²) in [6.45, 7) is 5.68. The van der Waals surface area contributed by atoms with Crippen LogP contribution in [0.25, 0.3) is 0 Å². The van der Waals surface area contributed by atoms with Crippen LogP contribution in [0.1, 0.15) is 32.1 Å². The maximum Gasteiger partial charge on any atom is 0.119 e. The lowest BCUT2D eigenvalue weighted by atomic mass is 9.83. The van der Waals surface area contributed by atoms with Gasteiger partial charge in [-0.05, 0) is 63.9 Å². The van der Waals surface area contributed by atoms with Gasteiger partial charge in [0.1, 0.15) is 12.4 Å². The summed E-state index contributed by atoms with van der Waals surface area (Å²) in [6, 6.07) is 11.0. The molecule has 2 heterocycles. The summed E-state index contributed by atoms with van der Waals surface area (Å²) in [5.74, 6) is 1.84. The molecule has 2 aliphatic heterocycles. The molecule has 1 aromatic rings. The van der Waals surface area contributed by atoms with E-state index in [0.29, 0.717) is 0 Å². The van der Waals surface area contributed by atoms with Crippen LogP contribution < -0.4 is 4.74 Å². The molecule has 0 saturated carbocycles. The highest BCUT2D eigenvalue weighted by molar-refractivity contribution is 5.20. The Hall–Kier alpha value is -1.06. The smallest absolute Gasteiger partial charge is 0.119 e. The Morgan fingerprint density at radius 3 is 2.77 bits per heavy atom. The van der Waals surface area contributed by atoms with Crippen molar-refractivity contribution >= 4 is 0 Å². The van der Waals surface area contributed by atoms with Crippen LogP contribution in [-0.4, -0.2) is 55.7 Å². The van der Waals surface area contributed by atoms with Gasteiger partial charge < -0.3 is 14.5 Å². The summed E-state index contributed by atoms with van der Waals surface area (Å²) in [5, 5.41) is 0. The van der Waals surface area contributed by atoms with E-state index in [-0.39, 0.29) is 0 Å². The van der Waals surface area contributed by atoms with E-state index < -0.39 is 0 Å². The lowest BCUT2D eigenvalue weighted by Gasteiger charge is -2.45. The molecule has 3 heteroatoms. The molecule has 2 aliphatic rings. The fraction of sp³-hybridized carbons (Fsp3) is 0.684. The van der Waals surface area contributed by atoms with Crippen molar-refractivity contribution in [1.29, 1.82) is 0 Å². The zero-order valence-corrected chi connectivity index (χ0v) is 13.9. The topological polar surface area (TPSA) is 15.7 Å². The second-order valence-corrected chi connectivity index (χ2v) is 6.93. The fourth-order valence-electron chi connectivity index (χ4n) is 4.12. The number of hydrogen-bond acceptors (Lipinski definition) is 3. The number of likely N-dealkylation sites (N-methyl/N-ethyl adjacent to an activating group) is 1. The Balaban J connectivity index is 1.41.